The average molecular weight is 1030 g/mol. The summed E-state index contributed by atoms with van der Waals surface area (Å²) in [6, 6.07) is 5.24. The van der Waals surface area contributed by atoms with Gasteiger partial charge in [-0.25, -0.2) is 9.59 Å². The van der Waals surface area contributed by atoms with Gasteiger partial charge in [-0.2, -0.15) is 0 Å². The van der Waals surface area contributed by atoms with E-state index >= 15 is 0 Å². The van der Waals surface area contributed by atoms with Crippen LogP contribution in [0.3, 0.4) is 0 Å². The molecule has 2 spiro atoms. The van der Waals surface area contributed by atoms with Crippen molar-refractivity contribution in [2.24, 2.45) is 23.7 Å². The van der Waals surface area contributed by atoms with Gasteiger partial charge >= 0.3 is 12.2 Å². The molecule has 5 heterocycles. The number of benzene rings is 1. The normalized spacial score (nSPS) is 36.9. The van der Waals surface area contributed by atoms with Crippen molar-refractivity contribution in [1.29, 1.82) is 0 Å². The van der Waals surface area contributed by atoms with Crippen LogP contribution in [0.4, 0.5) is 15.3 Å². The zero-order valence-electron chi connectivity index (χ0n) is 41.3. The first kappa shape index (κ1) is 57.8. The first-order chi connectivity index (χ1) is 32.8. The highest BCUT2D eigenvalue weighted by molar-refractivity contribution is 6.40. The number of halogens is 2. The Morgan fingerprint density at radius 3 is 1.61 bits per heavy atom. The van der Waals surface area contributed by atoms with E-state index in [4.69, 9.17) is 70.9 Å². The number of nitro benzene ring substituents is 1. The zero-order valence-corrected chi connectivity index (χ0v) is 42.8. The van der Waals surface area contributed by atoms with Crippen molar-refractivity contribution in [3.8, 4) is 5.75 Å². The smallest absolute Gasteiger partial charge is 0.443 e. The molecule has 0 bridgehead atoms. The number of likely N-dealkylation sites (tertiary alicyclic amines) is 1. The SMILES string of the molecule is C.CO[C@H]1C([C@@]2(C)O[C@@H]2/C=C/C(C)C)[C@]2(CC[C@H]1OC(=O)N1CCC(O)C1)CO2.CO[C@H]1C([C@]2(C)O[C@@H]2/C=C/C(C)C)[C@]2(CC[C@H]1OC(=O)Oc1ccc([N+](=O)[O-])cc1)CO2.ClCCl.OC1CCCC1. The van der Waals surface area contributed by atoms with Gasteiger partial charge < -0.3 is 57.7 Å². The number of carbonyl (C=O) groups is 2. The third-order valence-electron chi connectivity index (χ3n) is 14.7. The van der Waals surface area contributed by atoms with Gasteiger partial charge in [-0.1, -0.05) is 72.3 Å². The number of alkyl halides is 2. The molecule has 1 aromatic carbocycles. The molecule has 1 aromatic rings. The summed E-state index contributed by atoms with van der Waals surface area (Å²) in [5.74, 6) is 0.952. The monoisotopic (exact) mass is 1030 g/mol. The second kappa shape index (κ2) is 24.8. The highest BCUT2D eigenvalue weighted by Gasteiger charge is 2.73. The molecule has 3 saturated carbocycles. The number of aliphatic hydroxyl groups is 2. The molecule has 1 amide bonds. The molecule has 70 heavy (non-hydrogen) atoms. The Balaban J connectivity index is 0.000000220. The molecule has 0 radical (unpaired) electrons. The Morgan fingerprint density at radius 2 is 1.26 bits per heavy atom. The van der Waals surface area contributed by atoms with Crippen molar-refractivity contribution >= 4 is 41.1 Å². The summed E-state index contributed by atoms with van der Waals surface area (Å²) in [5, 5.41) is 29.4. The van der Waals surface area contributed by atoms with E-state index in [2.05, 4.69) is 65.8 Å². The van der Waals surface area contributed by atoms with Crippen LogP contribution in [0.25, 0.3) is 0 Å². The van der Waals surface area contributed by atoms with E-state index in [1.807, 2.05) is 0 Å². The number of nitro groups is 1. The number of ether oxygens (including phenoxy) is 9. The zero-order chi connectivity index (χ0) is 50.3. The van der Waals surface area contributed by atoms with Gasteiger partial charge in [0, 0.05) is 39.4 Å². The largest absolute Gasteiger partial charge is 0.514 e. The van der Waals surface area contributed by atoms with Crippen LogP contribution in [0.15, 0.2) is 48.6 Å². The standard InChI is InChI=1S/C23H29NO8.C21H33NO6.C5H10O.CH2Cl2.CH4/c1-14(2)5-10-18-22(3,32-18)20-19(28-4)17(11-12-23(20)13-29-23)31-21(25)30-16-8-6-15(7-9-16)24(26)27;1-13(2)5-6-16-20(3,28-16)18-17(25-4)15(7-9-21(18)12-26-21)27-19(24)22-10-8-14(23)11-22;6-5-3-1-2-4-5;2-1-3;/h5-10,14,17-20H,11-13H2,1-4H3;5-6,13-18,23H,7-12H2,1-4H3;5-6H,1-4H2;1H2;1H4/b10-5+;6-5+;;;/t17-,18-,19-,20?,22-,23+;14?,15-,16-,17-,18?,20+,21+;;;/m11.../s1. The Labute approximate surface area is 423 Å². The number of nitrogens with zero attached hydrogens (tertiary/aromatic N) is 2. The van der Waals surface area contributed by atoms with E-state index in [0.717, 1.165) is 25.7 Å². The summed E-state index contributed by atoms with van der Waals surface area (Å²) in [6.07, 6.45) is 13.3. The van der Waals surface area contributed by atoms with Gasteiger partial charge in [0.15, 0.2) is 0 Å². The molecule has 396 valence electrons. The van der Waals surface area contributed by atoms with Gasteiger partial charge in [0.1, 0.15) is 64.8 Å². The quantitative estimate of drug-likeness (QED) is 0.0379. The molecule has 17 nitrogen and oxygen atoms in total. The summed E-state index contributed by atoms with van der Waals surface area (Å²) < 4.78 is 52.5. The lowest BCUT2D eigenvalue weighted by molar-refractivity contribution is -0.384. The van der Waals surface area contributed by atoms with E-state index in [0.29, 0.717) is 57.4 Å². The Hall–Kier alpha value is -3.10. The average Bonchev–Trinajstić information content (AvgIpc) is 4.28. The molecule has 0 aromatic heterocycles. The second-order valence-electron chi connectivity index (χ2n) is 20.5. The Bertz CT molecular complexity index is 1930. The molecule has 19 heteroatoms. The number of aliphatic hydroxyl groups excluding tert-OH is 2. The molecule has 8 aliphatic rings. The fraction of sp³-hybridized carbons (Fsp3) is 0.765. The lowest BCUT2D eigenvalue weighted by atomic mass is 9.68. The van der Waals surface area contributed by atoms with Gasteiger partial charge in [0.05, 0.1) is 47.5 Å². The molecular weight excluding hydrogens is 951 g/mol. The summed E-state index contributed by atoms with van der Waals surface area (Å²) >= 11 is 9.53. The molecule has 5 saturated heterocycles. The fourth-order valence-electron chi connectivity index (χ4n) is 10.8. The minimum Gasteiger partial charge on any atom is -0.443 e. The number of amides is 1. The van der Waals surface area contributed by atoms with Gasteiger partial charge in [-0.05, 0) is 82.8 Å². The van der Waals surface area contributed by atoms with Crippen molar-refractivity contribution in [1.82, 2.24) is 4.90 Å². The Kier molecular flexibility index (Phi) is 20.4. The molecule has 9 rings (SSSR count). The lowest BCUT2D eigenvalue weighted by Crippen LogP contribution is -2.56. The fourth-order valence-corrected chi connectivity index (χ4v) is 10.8. The maximum Gasteiger partial charge on any atom is 0.514 e. The number of methoxy groups -OCH3 is 2. The molecular formula is C51H78Cl2N2O15. The molecule has 3 aliphatic carbocycles. The molecule has 5 aliphatic heterocycles. The summed E-state index contributed by atoms with van der Waals surface area (Å²) in [7, 11) is 3.27. The maximum atomic E-state index is 12.6. The third-order valence-corrected chi connectivity index (χ3v) is 14.7. The maximum absolute atomic E-state index is 12.6. The van der Waals surface area contributed by atoms with Crippen molar-refractivity contribution in [2.75, 3.05) is 45.9 Å². The summed E-state index contributed by atoms with van der Waals surface area (Å²) in [5.41, 5.74) is -1.49. The summed E-state index contributed by atoms with van der Waals surface area (Å²) in [6.45, 7) is 14.9. The van der Waals surface area contributed by atoms with Crippen LogP contribution in [-0.2, 0) is 37.9 Å². The van der Waals surface area contributed by atoms with Crippen molar-refractivity contribution in [2.45, 2.75) is 178 Å². The van der Waals surface area contributed by atoms with Crippen LogP contribution in [0, 0.1) is 33.8 Å². The second-order valence-corrected chi connectivity index (χ2v) is 21.3. The van der Waals surface area contributed by atoms with Gasteiger partial charge in [0.2, 0.25) is 0 Å². The predicted molar refractivity (Wildman–Crippen MR) is 263 cm³/mol. The molecule has 2 N–H and O–H groups in total. The highest BCUT2D eigenvalue weighted by atomic mass is 35.5. The van der Waals surface area contributed by atoms with E-state index in [1.165, 1.54) is 37.1 Å². The van der Waals surface area contributed by atoms with Crippen LogP contribution >= 0.6 is 23.2 Å². The first-order valence-electron chi connectivity index (χ1n) is 24.4. The summed E-state index contributed by atoms with van der Waals surface area (Å²) in [4.78, 5) is 36.8. The van der Waals surface area contributed by atoms with Crippen molar-refractivity contribution in [3.63, 3.8) is 0 Å². The number of carbonyl (C=O) groups excluding carboxylic acids is 2. The minimum absolute atomic E-state index is 0. The number of β-amino-alcohol motifs (C(OH)–C–C–N with tert-alkyl or cyclic N) is 1. The van der Waals surface area contributed by atoms with E-state index in [9.17, 15) is 24.8 Å². The molecule has 13 atom stereocenters. The number of hydrogen-bond donors (Lipinski definition) is 2. The first-order valence-corrected chi connectivity index (χ1v) is 25.5. The number of allylic oxidation sites excluding steroid dienone is 2. The number of hydrogen-bond acceptors (Lipinski definition) is 15. The van der Waals surface area contributed by atoms with Crippen LogP contribution < -0.4 is 4.74 Å². The number of epoxide rings is 4. The Morgan fingerprint density at radius 1 is 0.800 bits per heavy atom. The lowest BCUT2D eigenvalue weighted by Gasteiger charge is -2.42. The number of non-ortho nitro benzene ring substituents is 1. The third kappa shape index (κ3) is 14.1. The molecule has 8 fully saturated rings. The van der Waals surface area contributed by atoms with Gasteiger partial charge in [-0.15, -0.1) is 23.2 Å². The van der Waals surface area contributed by atoms with Gasteiger partial charge in [-0.3, -0.25) is 10.1 Å². The van der Waals surface area contributed by atoms with E-state index < -0.39 is 35.0 Å². The van der Waals surface area contributed by atoms with Gasteiger partial charge in [0.25, 0.3) is 5.69 Å². The topological polar surface area (TPSA) is 217 Å². The highest BCUT2D eigenvalue weighted by Crippen LogP contribution is 2.60. The van der Waals surface area contributed by atoms with Crippen molar-refractivity contribution < 1.29 is 67.4 Å². The van der Waals surface area contributed by atoms with Crippen LogP contribution in [0.5, 0.6) is 5.75 Å². The van der Waals surface area contributed by atoms with Crippen LogP contribution in [0.1, 0.15) is 107 Å². The minimum atomic E-state index is -0.879. The molecule has 3 unspecified atom stereocenters. The van der Waals surface area contributed by atoms with Crippen LogP contribution in [0.2, 0.25) is 0 Å². The number of rotatable bonds is 12. The van der Waals surface area contributed by atoms with E-state index in [1.54, 1.807) is 19.1 Å². The predicted octanol–water partition coefficient (Wildman–Crippen LogP) is 9.14. The van der Waals surface area contributed by atoms with Crippen molar-refractivity contribution in [3.05, 3.63) is 58.7 Å². The van der Waals surface area contributed by atoms with E-state index in [-0.39, 0.29) is 89.5 Å². The van der Waals surface area contributed by atoms with Crippen LogP contribution in [-0.4, -0.2) is 149 Å².